The summed E-state index contributed by atoms with van der Waals surface area (Å²) in [5, 5.41) is 7.14. The van der Waals surface area contributed by atoms with E-state index in [0.29, 0.717) is 0 Å². The number of nitrogens with zero attached hydrogens (tertiary/aromatic N) is 3. The van der Waals surface area contributed by atoms with Crippen LogP contribution in [0.25, 0.3) is 88.1 Å². The quantitative estimate of drug-likeness (QED) is 0.170. The summed E-state index contributed by atoms with van der Waals surface area (Å²) >= 11 is 0. The highest BCUT2D eigenvalue weighted by atomic mass is 16.3. The lowest BCUT2D eigenvalue weighted by atomic mass is 10.0. The largest absolute Gasteiger partial charge is 0.456 e. The first-order valence-corrected chi connectivity index (χ1v) is 19.8. The van der Waals surface area contributed by atoms with E-state index in [2.05, 4.69) is 214 Å². The van der Waals surface area contributed by atoms with Gasteiger partial charge in [-0.25, -0.2) is 0 Å². The van der Waals surface area contributed by atoms with E-state index in [1.807, 2.05) is 12.1 Å². The minimum atomic E-state index is 0.878. The summed E-state index contributed by atoms with van der Waals surface area (Å²) in [6.45, 7) is 0. The summed E-state index contributed by atoms with van der Waals surface area (Å²) in [5.74, 6) is 0. The van der Waals surface area contributed by atoms with Crippen LogP contribution in [0, 0.1) is 0 Å². The van der Waals surface area contributed by atoms with Crippen LogP contribution in [0.3, 0.4) is 0 Å². The Hall–Kier alpha value is -7.82. The molecule has 4 nitrogen and oxygen atoms in total. The molecule has 0 amide bonds. The van der Waals surface area contributed by atoms with Crippen molar-refractivity contribution in [1.82, 2.24) is 9.13 Å². The molecule has 4 heteroatoms. The fourth-order valence-electron chi connectivity index (χ4n) is 9.13. The first-order valence-electron chi connectivity index (χ1n) is 19.8. The maximum Gasteiger partial charge on any atom is 0.135 e. The summed E-state index contributed by atoms with van der Waals surface area (Å²) < 4.78 is 11.0. The summed E-state index contributed by atoms with van der Waals surface area (Å²) in [5.41, 5.74) is 14.4. The van der Waals surface area contributed by atoms with Crippen LogP contribution in [0.1, 0.15) is 0 Å². The van der Waals surface area contributed by atoms with E-state index >= 15 is 0 Å². The van der Waals surface area contributed by atoms with Crippen molar-refractivity contribution in [2.45, 2.75) is 0 Å². The minimum Gasteiger partial charge on any atom is -0.456 e. The van der Waals surface area contributed by atoms with E-state index in [-0.39, 0.29) is 0 Å². The number of hydrogen-bond acceptors (Lipinski definition) is 2. The highest BCUT2D eigenvalue weighted by Gasteiger charge is 2.22. The molecule has 0 fully saturated rings. The van der Waals surface area contributed by atoms with Crippen molar-refractivity contribution in [2.24, 2.45) is 0 Å². The van der Waals surface area contributed by atoms with Crippen molar-refractivity contribution in [3.63, 3.8) is 0 Å². The van der Waals surface area contributed by atoms with Gasteiger partial charge in [-0.15, -0.1) is 0 Å². The molecule has 0 saturated heterocycles. The minimum absolute atomic E-state index is 0.878. The molecule has 9 aromatic carbocycles. The van der Waals surface area contributed by atoms with Gasteiger partial charge in [0.2, 0.25) is 0 Å². The second kappa shape index (κ2) is 12.9. The molecular formula is C54H35N3O. The van der Waals surface area contributed by atoms with E-state index < -0.39 is 0 Å². The average Bonchev–Trinajstić information content (AvgIpc) is 3.95. The van der Waals surface area contributed by atoms with Crippen LogP contribution < -0.4 is 4.90 Å². The topological polar surface area (TPSA) is 26.2 Å². The lowest BCUT2D eigenvalue weighted by Crippen LogP contribution is -2.10. The van der Waals surface area contributed by atoms with Crippen LogP contribution in [0.15, 0.2) is 217 Å². The Morgan fingerprint density at radius 1 is 0.328 bits per heavy atom. The van der Waals surface area contributed by atoms with Gasteiger partial charge >= 0.3 is 0 Å². The molecule has 0 unspecified atom stereocenters. The third-order valence-electron chi connectivity index (χ3n) is 11.7. The summed E-state index contributed by atoms with van der Waals surface area (Å²) in [6, 6.07) is 76.2. The second-order valence-corrected chi connectivity index (χ2v) is 14.9. The fourth-order valence-corrected chi connectivity index (χ4v) is 9.13. The van der Waals surface area contributed by atoms with Gasteiger partial charge in [0.25, 0.3) is 0 Å². The molecule has 0 aliphatic heterocycles. The molecule has 0 bridgehead atoms. The van der Waals surface area contributed by atoms with Crippen LogP contribution in [-0.4, -0.2) is 9.13 Å². The number of fused-ring (bicyclic) bond motifs is 9. The van der Waals surface area contributed by atoms with Gasteiger partial charge in [0, 0.05) is 55.1 Å². The fraction of sp³-hybridized carbons (Fsp3) is 0. The number of aromatic nitrogens is 2. The van der Waals surface area contributed by atoms with E-state index in [1.165, 1.54) is 43.7 Å². The smallest absolute Gasteiger partial charge is 0.135 e. The van der Waals surface area contributed by atoms with Crippen molar-refractivity contribution in [1.29, 1.82) is 0 Å². The van der Waals surface area contributed by atoms with Crippen LogP contribution in [-0.2, 0) is 0 Å². The van der Waals surface area contributed by atoms with Crippen molar-refractivity contribution < 1.29 is 4.42 Å². The summed E-state index contributed by atoms with van der Waals surface area (Å²) in [7, 11) is 0. The van der Waals surface area contributed by atoms with E-state index in [9.17, 15) is 0 Å². The molecule has 0 aliphatic rings. The van der Waals surface area contributed by atoms with Crippen LogP contribution in [0.5, 0.6) is 0 Å². The standard InChI is InChI=1S/C54H35N3O/c1-2-13-38(14-3-1)57-49-21-10-6-18-45(49)54-50(22-12-23-51(54)57)55(41-33-34-53-46(35-41)44-17-7-11-24-52(44)58-53)39-29-25-36(26-30-39)37-27-31-40(32-28-37)56-47-19-8-4-15-42(47)43-16-5-9-20-48(43)56/h1-35H. The predicted molar refractivity (Wildman–Crippen MR) is 243 cm³/mol. The third-order valence-corrected chi connectivity index (χ3v) is 11.7. The lowest BCUT2D eigenvalue weighted by molar-refractivity contribution is 0.669. The van der Waals surface area contributed by atoms with E-state index in [4.69, 9.17) is 4.42 Å². The predicted octanol–water partition coefficient (Wildman–Crippen LogP) is 14.9. The molecule has 0 saturated carbocycles. The van der Waals surface area contributed by atoms with Crippen molar-refractivity contribution in [3.05, 3.63) is 212 Å². The molecule has 0 N–H and O–H groups in total. The molecule has 3 aromatic heterocycles. The highest BCUT2D eigenvalue weighted by molar-refractivity contribution is 6.17. The Morgan fingerprint density at radius 2 is 0.828 bits per heavy atom. The molecule has 12 aromatic rings. The van der Waals surface area contributed by atoms with E-state index in [0.717, 1.165) is 61.5 Å². The first kappa shape index (κ1) is 32.4. The zero-order valence-electron chi connectivity index (χ0n) is 31.5. The number of para-hydroxylation sites is 5. The normalized spacial score (nSPS) is 11.8. The third kappa shape index (κ3) is 4.95. The van der Waals surface area contributed by atoms with Crippen LogP contribution in [0.4, 0.5) is 17.1 Å². The van der Waals surface area contributed by atoms with Gasteiger partial charge in [-0.1, -0.05) is 121 Å². The summed E-state index contributed by atoms with van der Waals surface area (Å²) in [4.78, 5) is 2.40. The zero-order valence-corrected chi connectivity index (χ0v) is 31.5. The monoisotopic (exact) mass is 741 g/mol. The molecule has 0 radical (unpaired) electrons. The van der Waals surface area contributed by atoms with Gasteiger partial charge in [0.05, 0.1) is 27.8 Å². The average molecular weight is 742 g/mol. The molecule has 0 aliphatic carbocycles. The SMILES string of the molecule is c1ccc(-n2c3ccccc3c3c(N(c4ccc(-c5ccc(-n6c7ccccc7c7ccccc76)cc5)cc4)c4ccc5oc6ccccc6c5c4)cccc32)cc1. The summed E-state index contributed by atoms with van der Waals surface area (Å²) in [6.07, 6.45) is 0. The van der Waals surface area contributed by atoms with Crippen molar-refractivity contribution in [3.8, 4) is 22.5 Å². The Balaban J connectivity index is 1.01. The lowest BCUT2D eigenvalue weighted by Gasteiger charge is -2.27. The Kier molecular flexibility index (Phi) is 7.20. The molecular weight excluding hydrogens is 707 g/mol. The Morgan fingerprint density at radius 3 is 1.53 bits per heavy atom. The maximum absolute atomic E-state index is 6.29. The number of furan rings is 1. The molecule has 58 heavy (non-hydrogen) atoms. The van der Waals surface area contributed by atoms with Gasteiger partial charge in [-0.05, 0) is 102 Å². The highest BCUT2D eigenvalue weighted by Crippen LogP contribution is 2.45. The number of rotatable bonds is 6. The molecule has 0 atom stereocenters. The number of benzene rings is 9. The first-order chi connectivity index (χ1) is 28.8. The molecule has 0 spiro atoms. The van der Waals surface area contributed by atoms with Crippen molar-refractivity contribution >= 4 is 82.6 Å². The number of hydrogen-bond donors (Lipinski definition) is 0. The van der Waals surface area contributed by atoms with Crippen LogP contribution in [0.2, 0.25) is 0 Å². The van der Waals surface area contributed by atoms with Gasteiger partial charge in [0.1, 0.15) is 11.2 Å². The van der Waals surface area contributed by atoms with Gasteiger partial charge in [-0.3, -0.25) is 0 Å². The Bertz CT molecular complexity index is 3440. The molecule has 272 valence electrons. The van der Waals surface area contributed by atoms with Crippen molar-refractivity contribution in [2.75, 3.05) is 4.90 Å². The van der Waals surface area contributed by atoms with E-state index in [1.54, 1.807) is 0 Å². The number of anilines is 3. The Labute approximate surface area is 334 Å². The maximum atomic E-state index is 6.29. The van der Waals surface area contributed by atoms with Gasteiger partial charge in [0.15, 0.2) is 0 Å². The van der Waals surface area contributed by atoms with Gasteiger partial charge in [-0.2, -0.15) is 0 Å². The zero-order chi connectivity index (χ0) is 38.2. The van der Waals surface area contributed by atoms with Gasteiger partial charge < -0.3 is 18.5 Å². The molecule has 12 rings (SSSR count). The van der Waals surface area contributed by atoms with Crippen LogP contribution >= 0.6 is 0 Å². The molecule has 3 heterocycles. The second-order valence-electron chi connectivity index (χ2n) is 14.9.